The molecule has 0 aliphatic carbocycles. The molecule has 3 aromatic carbocycles. The molecule has 0 aliphatic heterocycles. The number of hydrogen-bond acceptors (Lipinski definition) is 35. The normalized spacial score (nSPS) is 12.2. The van der Waals surface area contributed by atoms with Gasteiger partial charge in [0.1, 0.15) is 71.0 Å². The van der Waals surface area contributed by atoms with Gasteiger partial charge in [0.2, 0.25) is 11.5 Å². The monoisotopic (exact) mass is 2080 g/mol. The standard InChI is InChI=1S/C95H161N3O36.Gd/c1-90(2,3)129-53-41-114-29-23-108-35-47-120-79-61-75(62-80(121-48-36-109-24-30-115-42-54-130-91(4,5)6)88(79)124-51-39-112-27-33-118-45-57-133-94(13,14)15)71-126-77-59-74(73-128-87(107)70-98(69-86(105)106)22-20-96(66-83(99)100)19-21-97(67-84(101)102)68-85(103)104)60-78(65-77)127-72-76-63-81(122-49-37-110-25-31-116-43-55-131-92(7,8)9)89(125-52-40-113-28-34-119-46-58-134-95(16,17)18)82(64-76)123-50-38-111-26-32-117-44-56-132-93(10,11)12;/h59-65H,19-58,66-73H2,1-18H3,(H,99,100)(H,101,102)(H,103,104)(H,105,106);/q;+2. The van der Waals surface area contributed by atoms with Crippen LogP contribution in [-0.2, 0) is 134 Å². The van der Waals surface area contributed by atoms with Crippen LogP contribution in [0.4, 0.5) is 0 Å². The van der Waals surface area contributed by atoms with E-state index in [-0.39, 0.29) is 278 Å². The van der Waals surface area contributed by atoms with Crippen molar-refractivity contribution in [3.05, 3.63) is 59.2 Å². The van der Waals surface area contributed by atoms with Gasteiger partial charge in [-0.05, 0) is 178 Å². The van der Waals surface area contributed by atoms with Gasteiger partial charge in [0.05, 0.1) is 265 Å². The first-order valence-corrected chi connectivity index (χ1v) is 46.0. The summed E-state index contributed by atoms with van der Waals surface area (Å²) in [7, 11) is 0. The Morgan fingerprint density at radius 1 is 0.230 bits per heavy atom. The molecule has 778 valence electrons. The first-order valence-electron chi connectivity index (χ1n) is 46.0. The molecule has 0 spiro atoms. The molecular formula is C95H161GdN3O36+2. The summed E-state index contributed by atoms with van der Waals surface area (Å²) in [4.78, 5) is 65.4. The van der Waals surface area contributed by atoms with Gasteiger partial charge in [0, 0.05) is 32.2 Å². The number of rotatable bonds is 84. The Balaban J connectivity index is 0.0000617. The van der Waals surface area contributed by atoms with Gasteiger partial charge in [0.15, 0.2) is 23.0 Å². The molecule has 0 amide bonds. The fourth-order valence-electron chi connectivity index (χ4n) is 11.4. The van der Waals surface area contributed by atoms with Crippen molar-refractivity contribution < 1.29 is 212 Å². The maximum absolute atomic E-state index is 14.1. The smallest absolute Gasteiger partial charge is 0.489 e. The Labute approximate surface area is 831 Å². The number of benzene rings is 3. The van der Waals surface area contributed by atoms with E-state index in [1.54, 1.807) is 42.5 Å². The van der Waals surface area contributed by atoms with Gasteiger partial charge in [-0.1, -0.05) is 0 Å². The predicted octanol–water partition coefficient (Wildman–Crippen LogP) is 9.49. The molecule has 0 heterocycles. The summed E-state index contributed by atoms with van der Waals surface area (Å²) in [6.07, 6.45) is 0. The van der Waals surface area contributed by atoms with Crippen molar-refractivity contribution in [1.29, 1.82) is 0 Å². The molecule has 0 unspecified atom stereocenters. The molecule has 3 aromatic rings. The van der Waals surface area contributed by atoms with Crippen LogP contribution in [0.2, 0.25) is 0 Å². The number of hydrogen-bond donors (Lipinski definition) is 4. The third-order valence-electron chi connectivity index (χ3n) is 17.3. The summed E-state index contributed by atoms with van der Waals surface area (Å²) >= 11 is 0. The molecule has 0 saturated carbocycles. The van der Waals surface area contributed by atoms with Gasteiger partial charge in [-0.25, -0.2) is 0 Å². The van der Waals surface area contributed by atoms with Crippen LogP contribution in [0, 0.1) is 39.9 Å². The van der Waals surface area contributed by atoms with E-state index in [0.29, 0.717) is 136 Å². The molecule has 0 aliphatic rings. The number of carbonyl (C=O) groups is 5. The summed E-state index contributed by atoms with van der Waals surface area (Å²) in [6.45, 7) is 40.8. The van der Waals surface area contributed by atoms with E-state index in [4.69, 9.17) is 128 Å². The van der Waals surface area contributed by atoms with E-state index in [0.717, 1.165) is 4.90 Å². The summed E-state index contributed by atoms with van der Waals surface area (Å²) in [6, 6.07) is 11.9. The molecule has 39 nitrogen and oxygen atoms in total. The molecule has 4 N–H and O–H groups in total. The second-order valence-electron chi connectivity index (χ2n) is 36.4. The average Bonchev–Trinajstić information content (AvgIpc) is 0.818. The van der Waals surface area contributed by atoms with Crippen molar-refractivity contribution >= 4 is 29.8 Å². The van der Waals surface area contributed by atoms with E-state index in [9.17, 15) is 44.4 Å². The van der Waals surface area contributed by atoms with E-state index in [1.807, 2.05) is 125 Å². The van der Waals surface area contributed by atoms with Crippen molar-refractivity contribution in [3.63, 3.8) is 0 Å². The van der Waals surface area contributed by atoms with Crippen molar-refractivity contribution in [3.8, 4) is 46.0 Å². The van der Waals surface area contributed by atoms with E-state index < -0.39 is 69.2 Å². The van der Waals surface area contributed by atoms with Gasteiger partial charge in [0.25, 0.3) is 0 Å². The largest absolute Gasteiger partial charge is 2.00 e. The van der Waals surface area contributed by atoms with Gasteiger partial charge in [-0.3, -0.25) is 38.7 Å². The van der Waals surface area contributed by atoms with Gasteiger partial charge < -0.3 is 148 Å². The molecule has 0 atom stereocenters. The van der Waals surface area contributed by atoms with Crippen LogP contribution in [0.3, 0.4) is 0 Å². The zero-order chi connectivity index (χ0) is 99.0. The van der Waals surface area contributed by atoms with E-state index in [1.165, 1.54) is 9.80 Å². The third-order valence-corrected chi connectivity index (χ3v) is 17.3. The maximum atomic E-state index is 14.1. The fourth-order valence-corrected chi connectivity index (χ4v) is 11.4. The summed E-state index contributed by atoms with van der Waals surface area (Å²) in [5.74, 6) is -4.05. The number of ether oxygens (including phenoxy) is 27. The maximum Gasteiger partial charge on any atom is 2.00 e. The number of carboxylic acid groups (broad SMARTS) is 4. The molecule has 0 saturated heterocycles. The van der Waals surface area contributed by atoms with Crippen LogP contribution in [0.1, 0.15) is 141 Å². The molecule has 0 bridgehead atoms. The van der Waals surface area contributed by atoms with Crippen molar-refractivity contribution in [2.24, 2.45) is 0 Å². The van der Waals surface area contributed by atoms with Crippen LogP contribution in [0.15, 0.2) is 42.5 Å². The molecular weight excluding hydrogens is 1920 g/mol. The quantitative estimate of drug-likeness (QED) is 0.0302. The minimum atomic E-state index is -1.31. The number of nitrogens with zero attached hydrogens (tertiary/aromatic N) is 3. The molecule has 0 aromatic heterocycles. The molecule has 135 heavy (non-hydrogen) atoms. The Hall–Kier alpha value is -6.11. The number of aliphatic carboxylic acids is 4. The Morgan fingerprint density at radius 2 is 0.422 bits per heavy atom. The Kier molecular flexibility index (Phi) is 66.8. The summed E-state index contributed by atoms with van der Waals surface area (Å²) < 4.78 is 163. The third kappa shape index (κ3) is 72.8. The number of carboxylic acids is 4. The fraction of sp³-hybridized carbons (Fsp3) is 0.758. The minimum Gasteiger partial charge on any atom is -0.489 e. The van der Waals surface area contributed by atoms with Crippen molar-refractivity contribution in [2.45, 2.75) is 178 Å². The van der Waals surface area contributed by atoms with E-state index >= 15 is 0 Å². The topological polar surface area (TPSA) is 425 Å². The van der Waals surface area contributed by atoms with Crippen LogP contribution in [-0.4, -0.2) is 395 Å². The van der Waals surface area contributed by atoms with Crippen LogP contribution < -0.4 is 37.9 Å². The van der Waals surface area contributed by atoms with Gasteiger partial charge >= 0.3 is 69.8 Å². The Bertz CT molecular complexity index is 3320. The SMILES string of the molecule is CC(C)(C)OCCOCCOCCOc1cc(COc2cc(COC(=O)CN(CCN(CCN(CC(=O)O)CC(=O)O)CC(=O)O)CC(=O)O)cc(OCc3cc(OCCOCCOCCOC(C)(C)C)c(OCCOCCOCCOC(C)(C)C)c(OCCOCCOCCOC(C)(C)C)c3)c2)cc(OCCOCCOCCOC(C)(C)C)c1OCCOCCOCCOC(C)(C)C.[Gd+2]. The molecule has 40 heteroatoms. The van der Waals surface area contributed by atoms with Crippen LogP contribution in [0.25, 0.3) is 0 Å². The molecule has 0 fully saturated rings. The average molecular weight is 2080 g/mol. The minimum absolute atomic E-state index is 0. The zero-order valence-electron chi connectivity index (χ0n) is 83.5. The Morgan fingerprint density at radius 3 is 0.652 bits per heavy atom. The van der Waals surface area contributed by atoms with Crippen LogP contribution in [0.5, 0.6) is 46.0 Å². The predicted molar refractivity (Wildman–Crippen MR) is 495 cm³/mol. The summed E-state index contributed by atoms with van der Waals surface area (Å²) in [5, 5.41) is 38.8. The van der Waals surface area contributed by atoms with Crippen LogP contribution >= 0.6 is 0 Å². The molecule has 3 rings (SSSR count). The summed E-state index contributed by atoms with van der Waals surface area (Å²) in [5.41, 5.74) is -0.458. The zero-order valence-corrected chi connectivity index (χ0v) is 85.8. The van der Waals surface area contributed by atoms with Crippen molar-refractivity contribution in [2.75, 3.05) is 297 Å². The van der Waals surface area contributed by atoms with E-state index in [2.05, 4.69) is 0 Å². The molecule has 0 radical (unpaired) electrons. The second-order valence-corrected chi connectivity index (χ2v) is 36.4. The first kappa shape index (κ1) is 125. The van der Waals surface area contributed by atoms with Crippen molar-refractivity contribution in [1.82, 2.24) is 14.7 Å². The van der Waals surface area contributed by atoms with Gasteiger partial charge in [-0.15, -0.1) is 0 Å². The second kappa shape index (κ2) is 72.2. The number of carbonyl (C=O) groups excluding carboxylic acids is 1. The number of esters is 1. The first-order chi connectivity index (χ1) is 63.5. The van der Waals surface area contributed by atoms with Gasteiger partial charge in [-0.2, -0.15) is 0 Å².